The lowest BCUT2D eigenvalue weighted by molar-refractivity contribution is -0.116. The predicted octanol–water partition coefficient (Wildman–Crippen LogP) is 4.21. The van der Waals surface area contributed by atoms with Gasteiger partial charge in [-0.1, -0.05) is 19.1 Å². The SMILES string of the molecule is CCCC(=O)Nc1cccc(CN=C(NCC)NC2CCN(c3cccs3)CC2)c1. The van der Waals surface area contributed by atoms with Crippen molar-refractivity contribution in [2.45, 2.75) is 52.1 Å². The topological polar surface area (TPSA) is 68.8 Å². The van der Waals surface area contributed by atoms with Crippen LogP contribution >= 0.6 is 11.3 Å². The van der Waals surface area contributed by atoms with E-state index in [1.54, 1.807) is 0 Å². The van der Waals surface area contributed by atoms with Crippen LogP contribution in [0.15, 0.2) is 46.8 Å². The largest absolute Gasteiger partial charge is 0.363 e. The van der Waals surface area contributed by atoms with E-state index in [9.17, 15) is 4.79 Å². The fourth-order valence-corrected chi connectivity index (χ4v) is 4.36. The first kappa shape index (κ1) is 22.2. The molecule has 1 aromatic carbocycles. The van der Waals surface area contributed by atoms with Crippen molar-refractivity contribution in [2.24, 2.45) is 4.99 Å². The van der Waals surface area contributed by atoms with Crippen molar-refractivity contribution < 1.29 is 4.79 Å². The van der Waals surface area contributed by atoms with Crippen molar-refractivity contribution >= 4 is 33.9 Å². The van der Waals surface area contributed by atoms with Gasteiger partial charge in [0.25, 0.3) is 0 Å². The average molecular weight is 428 g/mol. The minimum atomic E-state index is 0.0575. The van der Waals surface area contributed by atoms with E-state index in [4.69, 9.17) is 4.99 Å². The standard InChI is InChI=1S/C23H33N5OS/c1-3-7-21(29)26-20-9-5-8-18(16-20)17-25-23(24-4-2)27-19-11-13-28(14-12-19)22-10-6-15-30-22/h5-6,8-10,15-16,19H,3-4,7,11-14,17H2,1-2H3,(H,26,29)(H2,24,25,27). The van der Waals surface area contributed by atoms with Crippen molar-refractivity contribution in [2.75, 3.05) is 29.9 Å². The fraction of sp³-hybridized carbons (Fsp3) is 0.478. The number of amides is 1. The quantitative estimate of drug-likeness (QED) is 0.436. The Morgan fingerprint density at radius 2 is 2.03 bits per heavy atom. The normalized spacial score (nSPS) is 15.1. The number of thiophene rings is 1. The van der Waals surface area contributed by atoms with Gasteiger partial charge in [0.1, 0.15) is 0 Å². The van der Waals surface area contributed by atoms with Crippen molar-refractivity contribution in [1.29, 1.82) is 0 Å². The van der Waals surface area contributed by atoms with E-state index in [0.29, 0.717) is 19.0 Å². The molecule has 0 saturated carbocycles. The van der Waals surface area contributed by atoms with E-state index in [1.807, 2.05) is 42.5 Å². The van der Waals surface area contributed by atoms with Crippen LogP contribution in [0.3, 0.4) is 0 Å². The van der Waals surface area contributed by atoms with Crippen LogP contribution in [0.5, 0.6) is 0 Å². The number of rotatable bonds is 8. The van der Waals surface area contributed by atoms with E-state index in [1.165, 1.54) is 5.00 Å². The molecule has 0 spiro atoms. The summed E-state index contributed by atoms with van der Waals surface area (Å²) in [5.74, 6) is 0.912. The maximum Gasteiger partial charge on any atom is 0.224 e. The highest BCUT2D eigenvalue weighted by Gasteiger charge is 2.20. The fourth-order valence-electron chi connectivity index (χ4n) is 3.58. The average Bonchev–Trinajstić information content (AvgIpc) is 3.28. The molecule has 0 atom stereocenters. The monoisotopic (exact) mass is 427 g/mol. The minimum absolute atomic E-state index is 0.0575. The summed E-state index contributed by atoms with van der Waals surface area (Å²) < 4.78 is 0. The summed E-state index contributed by atoms with van der Waals surface area (Å²) in [6.45, 7) is 7.62. The van der Waals surface area contributed by atoms with Crippen LogP contribution in [-0.2, 0) is 11.3 Å². The molecule has 2 heterocycles. The van der Waals surface area contributed by atoms with E-state index >= 15 is 0 Å². The number of hydrogen-bond acceptors (Lipinski definition) is 4. The molecule has 0 unspecified atom stereocenters. The third-order valence-corrected chi connectivity index (χ3v) is 6.03. The number of nitrogens with zero attached hydrogens (tertiary/aromatic N) is 2. The summed E-state index contributed by atoms with van der Waals surface area (Å²) in [4.78, 5) is 19.1. The maximum atomic E-state index is 11.8. The molecule has 3 N–H and O–H groups in total. The second-order valence-electron chi connectivity index (χ2n) is 7.55. The molecule has 3 rings (SSSR count). The van der Waals surface area contributed by atoms with E-state index in [-0.39, 0.29) is 5.91 Å². The summed E-state index contributed by atoms with van der Waals surface area (Å²) in [6, 6.07) is 12.7. The lowest BCUT2D eigenvalue weighted by atomic mass is 10.1. The Kier molecular flexibility index (Phi) is 8.56. The molecule has 2 aromatic rings. The first-order valence-electron chi connectivity index (χ1n) is 10.9. The summed E-state index contributed by atoms with van der Waals surface area (Å²) in [7, 11) is 0. The minimum Gasteiger partial charge on any atom is -0.363 e. The van der Waals surface area contributed by atoms with Crippen molar-refractivity contribution in [3.63, 3.8) is 0 Å². The first-order chi connectivity index (χ1) is 14.7. The van der Waals surface area contributed by atoms with E-state index in [2.05, 4.69) is 45.3 Å². The van der Waals surface area contributed by atoms with Gasteiger partial charge in [-0.05, 0) is 61.4 Å². The Hall–Kier alpha value is -2.54. The molecule has 0 radical (unpaired) electrons. The van der Waals surface area contributed by atoms with Crippen LogP contribution in [0.4, 0.5) is 10.7 Å². The molecule has 7 heteroatoms. The summed E-state index contributed by atoms with van der Waals surface area (Å²) >= 11 is 1.81. The van der Waals surface area contributed by atoms with Gasteiger partial charge >= 0.3 is 0 Å². The number of aliphatic imine (C=N–C) groups is 1. The molecule has 1 saturated heterocycles. The van der Waals surface area contributed by atoms with Crippen molar-refractivity contribution in [3.8, 4) is 0 Å². The second kappa shape index (κ2) is 11.6. The highest BCUT2D eigenvalue weighted by atomic mass is 32.1. The Bertz CT molecular complexity index is 813. The number of hydrogen-bond donors (Lipinski definition) is 3. The van der Waals surface area contributed by atoms with Crippen molar-refractivity contribution in [3.05, 3.63) is 47.3 Å². The van der Waals surface area contributed by atoms with Gasteiger partial charge in [0.05, 0.1) is 11.5 Å². The summed E-state index contributed by atoms with van der Waals surface area (Å²) in [6.07, 6.45) is 3.59. The number of anilines is 2. The predicted molar refractivity (Wildman–Crippen MR) is 127 cm³/mol. The lowest BCUT2D eigenvalue weighted by Gasteiger charge is -2.33. The van der Waals surface area contributed by atoms with Gasteiger partial charge in [0.15, 0.2) is 5.96 Å². The number of carbonyl (C=O) groups excluding carboxylic acids is 1. The molecular weight excluding hydrogens is 394 g/mol. The van der Waals surface area contributed by atoms with E-state index < -0.39 is 0 Å². The Labute approximate surface area is 183 Å². The summed E-state index contributed by atoms with van der Waals surface area (Å²) in [5, 5.41) is 13.4. The molecule has 1 amide bonds. The van der Waals surface area contributed by atoms with Crippen LogP contribution in [0.2, 0.25) is 0 Å². The van der Waals surface area contributed by atoms with Gasteiger partial charge in [-0.15, -0.1) is 11.3 Å². The van der Waals surface area contributed by atoms with Gasteiger partial charge in [-0.25, -0.2) is 4.99 Å². The number of guanidine groups is 1. The number of piperidine rings is 1. The molecular formula is C23H33N5OS. The Balaban J connectivity index is 1.54. The molecule has 0 aliphatic carbocycles. The Morgan fingerprint density at radius 1 is 1.20 bits per heavy atom. The Morgan fingerprint density at radius 3 is 2.73 bits per heavy atom. The van der Waals surface area contributed by atoms with Crippen LogP contribution in [0, 0.1) is 0 Å². The number of benzene rings is 1. The molecule has 0 bridgehead atoms. The zero-order chi connectivity index (χ0) is 21.2. The highest BCUT2D eigenvalue weighted by Crippen LogP contribution is 2.24. The second-order valence-corrected chi connectivity index (χ2v) is 8.48. The van der Waals surface area contributed by atoms with Crippen LogP contribution in [-0.4, -0.2) is 37.5 Å². The van der Waals surface area contributed by atoms with Gasteiger partial charge in [-0.2, -0.15) is 0 Å². The van der Waals surface area contributed by atoms with Crippen LogP contribution in [0.25, 0.3) is 0 Å². The zero-order valence-corrected chi connectivity index (χ0v) is 18.8. The number of nitrogens with one attached hydrogen (secondary N) is 3. The van der Waals surface area contributed by atoms with Gasteiger partial charge in [-0.3, -0.25) is 4.79 Å². The van der Waals surface area contributed by atoms with Gasteiger partial charge in [0.2, 0.25) is 5.91 Å². The molecule has 6 nitrogen and oxygen atoms in total. The van der Waals surface area contributed by atoms with Gasteiger partial charge in [0, 0.05) is 37.8 Å². The van der Waals surface area contributed by atoms with Crippen molar-refractivity contribution in [1.82, 2.24) is 10.6 Å². The lowest BCUT2D eigenvalue weighted by Crippen LogP contribution is -2.48. The smallest absolute Gasteiger partial charge is 0.224 e. The van der Waals surface area contributed by atoms with Crippen LogP contribution < -0.4 is 20.9 Å². The zero-order valence-electron chi connectivity index (χ0n) is 18.0. The molecule has 1 fully saturated rings. The first-order valence-corrected chi connectivity index (χ1v) is 11.8. The third-order valence-electron chi connectivity index (χ3n) is 5.11. The van der Waals surface area contributed by atoms with E-state index in [0.717, 1.165) is 56.1 Å². The molecule has 30 heavy (non-hydrogen) atoms. The molecule has 1 aliphatic heterocycles. The molecule has 162 valence electrons. The third kappa shape index (κ3) is 6.76. The number of carbonyl (C=O) groups is 1. The van der Waals surface area contributed by atoms with Gasteiger partial charge < -0.3 is 20.9 Å². The highest BCUT2D eigenvalue weighted by molar-refractivity contribution is 7.14. The molecule has 1 aliphatic rings. The molecule has 1 aromatic heterocycles. The summed E-state index contributed by atoms with van der Waals surface area (Å²) in [5.41, 5.74) is 1.91. The van der Waals surface area contributed by atoms with Crippen LogP contribution in [0.1, 0.15) is 45.1 Å². The maximum absolute atomic E-state index is 11.8.